The highest BCUT2D eigenvalue weighted by Gasteiger charge is 2.07. The second-order valence-electron chi connectivity index (χ2n) is 3.55. The molecule has 0 unspecified atom stereocenters. The lowest BCUT2D eigenvalue weighted by atomic mass is 10.1. The Morgan fingerprint density at radius 1 is 1.06 bits per heavy atom. The molecule has 2 aromatic carbocycles. The predicted octanol–water partition coefficient (Wildman–Crippen LogP) is 1.51. The van der Waals surface area contributed by atoms with Crippen LogP contribution in [-0.2, 0) is 9.59 Å². The van der Waals surface area contributed by atoms with Gasteiger partial charge in [0.1, 0.15) is 0 Å². The molecule has 0 fully saturated rings. The molecule has 0 aliphatic carbocycles. The smallest absolute Gasteiger partial charge is 0.215 e. The summed E-state index contributed by atoms with van der Waals surface area (Å²) in [6.07, 6.45) is 1.28. The molecule has 0 heterocycles. The third-order valence-corrected chi connectivity index (χ3v) is 2.55. The average Bonchev–Trinajstić information content (AvgIpc) is 2.40. The molecule has 2 rings (SSSR count). The summed E-state index contributed by atoms with van der Waals surface area (Å²) in [7, 11) is 0. The van der Waals surface area contributed by atoms with Gasteiger partial charge in [-0.15, -0.1) is 0 Å². The van der Waals surface area contributed by atoms with Gasteiger partial charge in [0.05, 0.1) is 12.4 Å². The fourth-order valence-electron chi connectivity index (χ4n) is 1.77. The minimum Gasteiger partial charge on any atom is -0.341 e. The minimum atomic E-state index is 0.168. The summed E-state index contributed by atoms with van der Waals surface area (Å²) < 4.78 is 0. The lowest BCUT2D eigenvalue weighted by Gasteiger charge is -2.18. The maximum absolute atomic E-state index is 11.0. The van der Waals surface area contributed by atoms with Gasteiger partial charge in [0.25, 0.3) is 0 Å². The summed E-state index contributed by atoms with van der Waals surface area (Å²) in [6, 6.07) is 13.5. The summed E-state index contributed by atoms with van der Waals surface area (Å²) in [5, 5.41) is 4.52. The average molecular weight is 228 g/mol. The van der Waals surface area contributed by atoms with Crippen LogP contribution in [-0.4, -0.2) is 19.5 Å². The van der Waals surface area contributed by atoms with E-state index in [-0.39, 0.29) is 6.67 Å². The molecule has 2 aromatic rings. The zero-order valence-corrected chi connectivity index (χ0v) is 9.17. The number of anilines is 1. The topological polar surface area (TPSA) is 49.4 Å². The van der Waals surface area contributed by atoms with Crippen LogP contribution in [0.5, 0.6) is 0 Å². The number of benzene rings is 2. The summed E-state index contributed by atoms with van der Waals surface area (Å²) in [4.78, 5) is 22.7. The Labute approximate surface area is 98.8 Å². The molecule has 0 aromatic heterocycles. The Bertz CT molecular complexity index is 534. The van der Waals surface area contributed by atoms with E-state index < -0.39 is 0 Å². The van der Waals surface area contributed by atoms with Crippen molar-refractivity contribution in [3.63, 3.8) is 0 Å². The monoisotopic (exact) mass is 228 g/mol. The number of hydrogen-bond acceptors (Lipinski definition) is 2. The van der Waals surface area contributed by atoms with Crippen molar-refractivity contribution in [2.24, 2.45) is 0 Å². The van der Waals surface area contributed by atoms with Gasteiger partial charge < -0.3 is 5.32 Å². The first-order valence-electron chi connectivity index (χ1n) is 5.23. The van der Waals surface area contributed by atoms with Crippen LogP contribution in [0.15, 0.2) is 42.5 Å². The van der Waals surface area contributed by atoms with Crippen molar-refractivity contribution in [3.05, 3.63) is 42.5 Å². The highest BCUT2D eigenvalue weighted by atomic mass is 16.1. The Hall–Kier alpha value is -2.36. The second kappa shape index (κ2) is 5.12. The first-order valence-corrected chi connectivity index (χ1v) is 5.23. The van der Waals surface area contributed by atoms with Gasteiger partial charge in [-0.25, -0.2) is 0 Å². The van der Waals surface area contributed by atoms with E-state index in [0.29, 0.717) is 12.8 Å². The van der Waals surface area contributed by atoms with Crippen molar-refractivity contribution in [2.45, 2.75) is 0 Å². The van der Waals surface area contributed by atoms with Gasteiger partial charge in [-0.05, 0) is 11.5 Å². The van der Waals surface area contributed by atoms with Crippen LogP contribution < -0.4 is 10.2 Å². The quantitative estimate of drug-likeness (QED) is 0.623. The van der Waals surface area contributed by atoms with E-state index in [1.54, 1.807) is 0 Å². The second-order valence-corrected chi connectivity index (χ2v) is 3.55. The van der Waals surface area contributed by atoms with Crippen LogP contribution in [0, 0.1) is 0 Å². The molecule has 4 heteroatoms. The van der Waals surface area contributed by atoms with Crippen molar-refractivity contribution in [1.29, 1.82) is 0 Å². The highest BCUT2D eigenvalue weighted by molar-refractivity contribution is 5.98. The SMILES string of the molecule is O=CNCN(C=O)c1cccc2ccccc12. The van der Waals surface area contributed by atoms with E-state index in [1.165, 1.54) is 4.90 Å². The van der Waals surface area contributed by atoms with E-state index in [2.05, 4.69) is 5.32 Å². The first kappa shape index (κ1) is 11.1. The number of rotatable bonds is 5. The van der Waals surface area contributed by atoms with E-state index in [4.69, 9.17) is 0 Å². The molecule has 86 valence electrons. The molecule has 17 heavy (non-hydrogen) atoms. The van der Waals surface area contributed by atoms with Crippen LogP contribution in [0.4, 0.5) is 5.69 Å². The van der Waals surface area contributed by atoms with Crippen molar-refractivity contribution < 1.29 is 9.59 Å². The van der Waals surface area contributed by atoms with Crippen molar-refractivity contribution >= 4 is 29.3 Å². The van der Waals surface area contributed by atoms with Gasteiger partial charge in [0.2, 0.25) is 12.8 Å². The molecule has 0 radical (unpaired) electrons. The van der Waals surface area contributed by atoms with E-state index in [1.807, 2.05) is 42.5 Å². The number of hydrogen-bond donors (Lipinski definition) is 1. The summed E-state index contributed by atoms with van der Waals surface area (Å²) in [6.45, 7) is 0.168. The lowest BCUT2D eigenvalue weighted by molar-refractivity contribution is -0.109. The van der Waals surface area contributed by atoms with Gasteiger partial charge in [0, 0.05) is 5.39 Å². The Kier molecular flexibility index (Phi) is 3.35. The normalized spacial score (nSPS) is 9.88. The van der Waals surface area contributed by atoms with Gasteiger partial charge in [-0.1, -0.05) is 36.4 Å². The van der Waals surface area contributed by atoms with E-state index >= 15 is 0 Å². The maximum Gasteiger partial charge on any atom is 0.215 e. The molecule has 2 amide bonds. The fourth-order valence-corrected chi connectivity index (χ4v) is 1.77. The Morgan fingerprint density at radius 2 is 1.82 bits per heavy atom. The molecule has 0 bridgehead atoms. The minimum absolute atomic E-state index is 0.168. The van der Waals surface area contributed by atoms with E-state index in [9.17, 15) is 9.59 Å². The number of fused-ring (bicyclic) bond motifs is 1. The Balaban J connectivity index is 2.45. The number of carbonyl (C=O) groups is 2. The molecule has 4 nitrogen and oxygen atoms in total. The van der Waals surface area contributed by atoms with Crippen molar-refractivity contribution in [3.8, 4) is 0 Å². The maximum atomic E-state index is 11.0. The van der Waals surface area contributed by atoms with Crippen LogP contribution in [0.1, 0.15) is 0 Å². The Morgan fingerprint density at radius 3 is 2.59 bits per heavy atom. The number of carbonyl (C=O) groups excluding carboxylic acids is 2. The summed E-state index contributed by atoms with van der Waals surface area (Å²) in [5.41, 5.74) is 0.785. The molecule has 0 aliphatic rings. The van der Waals surface area contributed by atoms with Crippen molar-refractivity contribution in [2.75, 3.05) is 11.6 Å². The van der Waals surface area contributed by atoms with Gasteiger partial charge in [-0.3, -0.25) is 14.5 Å². The van der Waals surface area contributed by atoms with Crippen LogP contribution in [0.25, 0.3) is 10.8 Å². The van der Waals surface area contributed by atoms with Gasteiger partial charge >= 0.3 is 0 Å². The van der Waals surface area contributed by atoms with E-state index in [0.717, 1.165) is 16.5 Å². The molecule has 0 saturated carbocycles. The molecule has 0 spiro atoms. The molecule has 0 aliphatic heterocycles. The molecule has 1 N–H and O–H groups in total. The first-order chi connectivity index (χ1) is 8.36. The standard InChI is InChI=1S/C13H12N2O2/c16-9-14-8-15(10-17)13-7-3-5-11-4-1-2-6-12(11)13/h1-7,9-10H,8H2,(H,14,16). The molecule has 0 atom stereocenters. The molecular weight excluding hydrogens is 216 g/mol. The summed E-state index contributed by atoms with van der Waals surface area (Å²) >= 11 is 0. The number of nitrogens with zero attached hydrogens (tertiary/aromatic N) is 1. The third-order valence-electron chi connectivity index (χ3n) is 2.55. The highest BCUT2D eigenvalue weighted by Crippen LogP contribution is 2.25. The number of nitrogens with one attached hydrogen (secondary N) is 1. The molecular formula is C13H12N2O2. The van der Waals surface area contributed by atoms with Crippen LogP contribution in [0.2, 0.25) is 0 Å². The third kappa shape index (κ3) is 2.25. The zero-order valence-electron chi connectivity index (χ0n) is 9.17. The van der Waals surface area contributed by atoms with Crippen molar-refractivity contribution in [1.82, 2.24) is 5.32 Å². The largest absolute Gasteiger partial charge is 0.341 e. The van der Waals surface area contributed by atoms with Crippen LogP contribution >= 0.6 is 0 Å². The summed E-state index contributed by atoms with van der Waals surface area (Å²) in [5.74, 6) is 0. The molecule has 0 saturated heterocycles. The lowest BCUT2D eigenvalue weighted by Crippen LogP contribution is -2.32. The fraction of sp³-hybridized carbons (Fsp3) is 0.0769. The van der Waals surface area contributed by atoms with Gasteiger partial charge in [0.15, 0.2) is 0 Å². The van der Waals surface area contributed by atoms with Gasteiger partial charge in [-0.2, -0.15) is 0 Å². The zero-order chi connectivity index (χ0) is 12.1. The number of amides is 2. The predicted molar refractivity (Wildman–Crippen MR) is 66.6 cm³/mol. The van der Waals surface area contributed by atoms with Crippen LogP contribution in [0.3, 0.4) is 0 Å².